The first-order valence-electron chi connectivity index (χ1n) is 9.40. The maximum Gasteiger partial charge on any atom is 0.129 e. The number of nitrogen functional groups attached to an aromatic ring is 2. The van der Waals surface area contributed by atoms with Crippen LogP contribution in [0.1, 0.15) is 33.1 Å². The SMILES string of the molecule is CCCN(CCC)CCCOc1ccc(Oc2ccc(N)c(N)c2)cc1. The van der Waals surface area contributed by atoms with Crippen molar-refractivity contribution in [3.8, 4) is 17.2 Å². The van der Waals surface area contributed by atoms with E-state index in [4.69, 9.17) is 20.9 Å². The molecule has 0 aromatic heterocycles. The molecule has 0 heterocycles. The molecule has 0 unspecified atom stereocenters. The van der Waals surface area contributed by atoms with Gasteiger partial charge in [0.15, 0.2) is 0 Å². The van der Waals surface area contributed by atoms with E-state index < -0.39 is 0 Å². The number of hydrogen-bond donors (Lipinski definition) is 2. The minimum atomic E-state index is 0.516. The van der Waals surface area contributed by atoms with Crippen LogP contribution in [0.3, 0.4) is 0 Å². The summed E-state index contributed by atoms with van der Waals surface area (Å²) < 4.78 is 11.6. The summed E-state index contributed by atoms with van der Waals surface area (Å²) in [6, 6.07) is 12.9. The van der Waals surface area contributed by atoms with E-state index in [9.17, 15) is 0 Å². The maximum absolute atomic E-state index is 5.83. The average Bonchev–Trinajstić information content (AvgIpc) is 2.63. The molecule has 0 aliphatic rings. The Morgan fingerprint density at radius 1 is 0.769 bits per heavy atom. The first-order chi connectivity index (χ1) is 12.6. The first-order valence-corrected chi connectivity index (χ1v) is 9.40. The van der Waals surface area contributed by atoms with Crippen LogP contribution in [-0.4, -0.2) is 31.1 Å². The summed E-state index contributed by atoms with van der Waals surface area (Å²) in [5, 5.41) is 0. The van der Waals surface area contributed by atoms with Crippen molar-refractivity contribution in [3.05, 3.63) is 42.5 Å². The molecular formula is C21H31N3O2. The van der Waals surface area contributed by atoms with Gasteiger partial charge in [0.05, 0.1) is 18.0 Å². The van der Waals surface area contributed by atoms with Gasteiger partial charge in [-0.25, -0.2) is 0 Å². The smallest absolute Gasteiger partial charge is 0.129 e. The lowest BCUT2D eigenvalue weighted by Gasteiger charge is -2.20. The normalized spacial score (nSPS) is 10.9. The van der Waals surface area contributed by atoms with Gasteiger partial charge >= 0.3 is 0 Å². The van der Waals surface area contributed by atoms with E-state index in [2.05, 4.69) is 18.7 Å². The third-order valence-electron chi connectivity index (χ3n) is 4.08. The Balaban J connectivity index is 1.77. The van der Waals surface area contributed by atoms with Gasteiger partial charge in [-0.05, 0) is 68.8 Å². The van der Waals surface area contributed by atoms with E-state index in [0.29, 0.717) is 17.1 Å². The summed E-state index contributed by atoms with van der Waals surface area (Å²) in [6.45, 7) is 8.58. The van der Waals surface area contributed by atoms with Gasteiger partial charge in [-0.2, -0.15) is 0 Å². The molecule has 5 nitrogen and oxygen atoms in total. The number of ether oxygens (including phenoxy) is 2. The van der Waals surface area contributed by atoms with Crippen molar-refractivity contribution in [1.82, 2.24) is 4.90 Å². The number of nitrogens with zero attached hydrogens (tertiary/aromatic N) is 1. The van der Waals surface area contributed by atoms with Gasteiger partial charge in [0, 0.05) is 12.6 Å². The Morgan fingerprint density at radius 3 is 2.00 bits per heavy atom. The van der Waals surface area contributed by atoms with Gasteiger partial charge in [0.1, 0.15) is 17.2 Å². The second-order valence-electron chi connectivity index (χ2n) is 6.41. The predicted octanol–water partition coefficient (Wildman–Crippen LogP) is 4.53. The zero-order valence-corrected chi connectivity index (χ0v) is 15.9. The number of benzene rings is 2. The minimum Gasteiger partial charge on any atom is -0.494 e. The van der Waals surface area contributed by atoms with E-state index in [1.165, 1.54) is 12.8 Å². The Kier molecular flexibility index (Phi) is 8.09. The maximum atomic E-state index is 5.83. The molecule has 2 aromatic rings. The first kappa shape index (κ1) is 19.9. The molecule has 0 aliphatic heterocycles. The second-order valence-corrected chi connectivity index (χ2v) is 6.41. The van der Waals surface area contributed by atoms with Crippen molar-refractivity contribution < 1.29 is 9.47 Å². The molecule has 2 aromatic carbocycles. The Hall–Kier alpha value is -2.40. The summed E-state index contributed by atoms with van der Waals surface area (Å²) in [7, 11) is 0. The van der Waals surface area contributed by atoms with Gasteiger partial charge in [-0.3, -0.25) is 0 Å². The highest BCUT2D eigenvalue weighted by Crippen LogP contribution is 2.27. The summed E-state index contributed by atoms with van der Waals surface area (Å²) >= 11 is 0. The predicted molar refractivity (Wildman–Crippen MR) is 109 cm³/mol. The van der Waals surface area contributed by atoms with Crippen LogP contribution in [-0.2, 0) is 0 Å². The van der Waals surface area contributed by atoms with Crippen LogP contribution in [0.4, 0.5) is 11.4 Å². The molecule has 2 rings (SSSR count). The molecule has 5 heteroatoms. The highest BCUT2D eigenvalue weighted by atomic mass is 16.5. The zero-order chi connectivity index (χ0) is 18.8. The van der Waals surface area contributed by atoms with Crippen LogP contribution in [0, 0.1) is 0 Å². The highest BCUT2D eigenvalue weighted by Gasteiger charge is 2.04. The van der Waals surface area contributed by atoms with E-state index in [-0.39, 0.29) is 0 Å². The van der Waals surface area contributed by atoms with Crippen molar-refractivity contribution in [2.75, 3.05) is 37.7 Å². The highest BCUT2D eigenvalue weighted by molar-refractivity contribution is 5.65. The fourth-order valence-electron chi connectivity index (χ4n) is 2.80. The largest absolute Gasteiger partial charge is 0.494 e. The fraction of sp³-hybridized carbons (Fsp3) is 0.429. The van der Waals surface area contributed by atoms with E-state index >= 15 is 0 Å². The minimum absolute atomic E-state index is 0.516. The Labute approximate surface area is 156 Å². The molecule has 142 valence electrons. The van der Waals surface area contributed by atoms with E-state index in [1.54, 1.807) is 18.2 Å². The van der Waals surface area contributed by atoms with Crippen LogP contribution in [0.25, 0.3) is 0 Å². The number of rotatable bonds is 11. The molecule has 0 fully saturated rings. The number of anilines is 2. The molecule has 0 spiro atoms. The number of hydrogen-bond acceptors (Lipinski definition) is 5. The van der Waals surface area contributed by atoms with Crippen LogP contribution >= 0.6 is 0 Å². The van der Waals surface area contributed by atoms with Crippen LogP contribution < -0.4 is 20.9 Å². The molecule has 0 aliphatic carbocycles. The lowest BCUT2D eigenvalue weighted by atomic mass is 10.2. The Bertz CT molecular complexity index is 653. The van der Waals surface area contributed by atoms with Crippen molar-refractivity contribution >= 4 is 11.4 Å². The second kappa shape index (κ2) is 10.6. The lowest BCUT2D eigenvalue weighted by Crippen LogP contribution is -2.27. The van der Waals surface area contributed by atoms with E-state index in [0.717, 1.165) is 44.2 Å². The third-order valence-corrected chi connectivity index (χ3v) is 4.08. The van der Waals surface area contributed by atoms with E-state index in [1.807, 2.05) is 24.3 Å². The van der Waals surface area contributed by atoms with Crippen molar-refractivity contribution in [1.29, 1.82) is 0 Å². The lowest BCUT2D eigenvalue weighted by molar-refractivity contribution is 0.234. The summed E-state index contributed by atoms with van der Waals surface area (Å²) in [4.78, 5) is 2.50. The summed E-state index contributed by atoms with van der Waals surface area (Å²) in [5.41, 5.74) is 12.6. The molecule has 4 N–H and O–H groups in total. The molecule has 0 saturated carbocycles. The van der Waals surface area contributed by atoms with Gasteiger partial charge in [-0.15, -0.1) is 0 Å². The molecule has 0 bridgehead atoms. The van der Waals surface area contributed by atoms with Crippen molar-refractivity contribution in [2.45, 2.75) is 33.1 Å². The molecule has 0 radical (unpaired) electrons. The summed E-state index contributed by atoms with van der Waals surface area (Å²) in [5.74, 6) is 2.25. The monoisotopic (exact) mass is 357 g/mol. The topological polar surface area (TPSA) is 73.7 Å². The summed E-state index contributed by atoms with van der Waals surface area (Å²) in [6.07, 6.45) is 3.42. The van der Waals surface area contributed by atoms with Crippen molar-refractivity contribution in [3.63, 3.8) is 0 Å². The van der Waals surface area contributed by atoms with Crippen LogP contribution in [0.15, 0.2) is 42.5 Å². The molecule has 26 heavy (non-hydrogen) atoms. The molecule has 0 saturated heterocycles. The van der Waals surface area contributed by atoms with Crippen molar-refractivity contribution in [2.24, 2.45) is 0 Å². The molecular weight excluding hydrogens is 326 g/mol. The molecule has 0 amide bonds. The Morgan fingerprint density at radius 2 is 1.38 bits per heavy atom. The van der Waals surface area contributed by atoms with Gasteiger partial charge in [-0.1, -0.05) is 13.8 Å². The number of nitrogens with two attached hydrogens (primary N) is 2. The standard InChI is InChI=1S/C21H31N3O2/c1-3-12-24(13-4-2)14-5-15-25-17-6-8-18(9-7-17)26-19-10-11-20(22)21(23)16-19/h6-11,16H,3-5,12-15,22-23H2,1-2H3. The fourth-order valence-corrected chi connectivity index (χ4v) is 2.80. The zero-order valence-electron chi connectivity index (χ0n) is 15.9. The van der Waals surface area contributed by atoms with Gasteiger partial charge < -0.3 is 25.8 Å². The van der Waals surface area contributed by atoms with Crippen LogP contribution in [0.2, 0.25) is 0 Å². The van der Waals surface area contributed by atoms with Gasteiger partial charge in [0.25, 0.3) is 0 Å². The third kappa shape index (κ3) is 6.48. The average molecular weight is 357 g/mol. The molecule has 0 atom stereocenters. The van der Waals surface area contributed by atoms with Crippen LogP contribution in [0.5, 0.6) is 17.2 Å². The quantitative estimate of drug-likeness (QED) is 0.456. The van der Waals surface area contributed by atoms with Gasteiger partial charge in [0.2, 0.25) is 0 Å².